The van der Waals surface area contributed by atoms with E-state index >= 15 is 0 Å². The minimum absolute atomic E-state index is 0.127. The third-order valence-corrected chi connectivity index (χ3v) is 7.22. The highest BCUT2D eigenvalue weighted by Gasteiger charge is 2.32. The van der Waals surface area contributed by atoms with Gasteiger partial charge >= 0.3 is 0 Å². The van der Waals surface area contributed by atoms with Crippen LogP contribution in [0, 0.1) is 6.92 Å². The normalized spacial score (nSPS) is 14.9. The van der Waals surface area contributed by atoms with Crippen LogP contribution in [0.1, 0.15) is 19.5 Å². The third-order valence-electron chi connectivity index (χ3n) is 5.30. The fourth-order valence-corrected chi connectivity index (χ4v) is 5.24. The first-order chi connectivity index (χ1) is 15.9. The largest absolute Gasteiger partial charge is 0.494 e. The summed E-state index contributed by atoms with van der Waals surface area (Å²) in [5, 5.41) is 12.9. The zero-order valence-corrected chi connectivity index (χ0v) is 19.8. The van der Waals surface area contributed by atoms with E-state index in [-0.39, 0.29) is 4.90 Å². The highest BCUT2D eigenvalue weighted by atomic mass is 32.2. The second-order valence-electron chi connectivity index (χ2n) is 7.52. The smallest absolute Gasteiger partial charge is 0.247 e. The Kier molecular flexibility index (Phi) is 6.80. The summed E-state index contributed by atoms with van der Waals surface area (Å²) in [4.78, 5) is 2.15. The van der Waals surface area contributed by atoms with Crippen LogP contribution in [0.4, 0.5) is 5.82 Å². The summed E-state index contributed by atoms with van der Waals surface area (Å²) in [7, 11) is -3.75. The van der Waals surface area contributed by atoms with Crippen molar-refractivity contribution in [1.29, 1.82) is 0 Å². The van der Waals surface area contributed by atoms with Crippen LogP contribution < -0.4 is 14.4 Å². The van der Waals surface area contributed by atoms with Crippen molar-refractivity contribution in [3.05, 3.63) is 48.3 Å². The van der Waals surface area contributed by atoms with E-state index < -0.39 is 10.0 Å². The van der Waals surface area contributed by atoms with Gasteiger partial charge in [-0.15, -0.1) is 10.2 Å². The van der Waals surface area contributed by atoms with Gasteiger partial charge in [0.25, 0.3) is 0 Å². The molecule has 1 aliphatic heterocycles. The van der Waals surface area contributed by atoms with Gasteiger partial charge in [0.05, 0.1) is 18.9 Å². The van der Waals surface area contributed by atoms with Crippen LogP contribution in [0.15, 0.2) is 47.5 Å². The Morgan fingerprint density at radius 2 is 1.61 bits per heavy atom. The molecule has 33 heavy (non-hydrogen) atoms. The first-order valence-corrected chi connectivity index (χ1v) is 12.4. The van der Waals surface area contributed by atoms with E-state index in [1.807, 2.05) is 50.1 Å². The van der Waals surface area contributed by atoms with Crippen molar-refractivity contribution in [1.82, 2.24) is 24.3 Å². The van der Waals surface area contributed by atoms with Crippen LogP contribution in [0.2, 0.25) is 0 Å². The van der Waals surface area contributed by atoms with Crippen LogP contribution >= 0.6 is 0 Å². The maximum absolute atomic E-state index is 13.4. The predicted molar refractivity (Wildman–Crippen MR) is 124 cm³/mol. The molecular formula is C22H28N6O4S. The van der Waals surface area contributed by atoms with Gasteiger partial charge in [-0.1, -0.05) is 0 Å². The number of hydrogen-bond donors (Lipinski definition) is 0. The SMILES string of the molecule is CCOc1ccc(OCC)c(S(=O)(=O)N2CCN(c3ccc(-n4ccc(C)n4)nn3)CC2)c1. The lowest BCUT2D eigenvalue weighted by atomic mass is 10.3. The Morgan fingerprint density at radius 3 is 2.21 bits per heavy atom. The quantitative estimate of drug-likeness (QED) is 0.492. The molecule has 0 saturated carbocycles. The summed E-state index contributed by atoms with van der Waals surface area (Å²) < 4.78 is 41.1. The van der Waals surface area contributed by atoms with Gasteiger partial charge in [-0.05, 0) is 51.1 Å². The summed E-state index contributed by atoms with van der Waals surface area (Å²) in [6.45, 7) is 8.08. The molecule has 1 fully saturated rings. The number of anilines is 1. The fourth-order valence-electron chi connectivity index (χ4n) is 3.67. The van der Waals surface area contributed by atoms with Crippen LogP contribution in [-0.2, 0) is 10.0 Å². The van der Waals surface area contributed by atoms with E-state index in [1.165, 1.54) is 10.4 Å². The summed E-state index contributed by atoms with van der Waals surface area (Å²) in [6.07, 6.45) is 1.83. The summed E-state index contributed by atoms with van der Waals surface area (Å²) in [5.41, 5.74) is 0.900. The minimum atomic E-state index is -3.75. The first-order valence-electron chi connectivity index (χ1n) is 10.9. The predicted octanol–water partition coefficient (Wildman–Crippen LogP) is 2.28. The first kappa shape index (κ1) is 23.0. The molecule has 176 valence electrons. The second kappa shape index (κ2) is 9.75. The topological polar surface area (TPSA) is 103 Å². The lowest BCUT2D eigenvalue weighted by Gasteiger charge is -2.34. The van der Waals surface area contributed by atoms with Crippen LogP contribution in [0.3, 0.4) is 0 Å². The Bertz CT molecular complexity index is 1190. The number of aryl methyl sites for hydroxylation is 1. The molecule has 1 saturated heterocycles. The molecule has 1 aromatic carbocycles. The molecule has 0 bridgehead atoms. The van der Waals surface area contributed by atoms with Crippen molar-refractivity contribution in [3.8, 4) is 17.3 Å². The zero-order chi connectivity index (χ0) is 23.4. The molecule has 3 heterocycles. The van der Waals surface area contributed by atoms with Gasteiger partial charge in [0.2, 0.25) is 10.0 Å². The summed E-state index contributed by atoms with van der Waals surface area (Å²) in [5.74, 6) is 2.17. The monoisotopic (exact) mass is 472 g/mol. The van der Waals surface area contributed by atoms with Gasteiger partial charge in [0, 0.05) is 38.4 Å². The van der Waals surface area contributed by atoms with Crippen molar-refractivity contribution >= 4 is 15.8 Å². The average molecular weight is 473 g/mol. The van der Waals surface area contributed by atoms with Gasteiger partial charge < -0.3 is 14.4 Å². The van der Waals surface area contributed by atoms with Crippen molar-refractivity contribution in [2.45, 2.75) is 25.7 Å². The summed E-state index contributed by atoms with van der Waals surface area (Å²) in [6, 6.07) is 10.5. The van der Waals surface area contributed by atoms with E-state index in [4.69, 9.17) is 9.47 Å². The average Bonchev–Trinajstić information content (AvgIpc) is 3.27. The molecule has 2 aromatic heterocycles. The van der Waals surface area contributed by atoms with Crippen LogP contribution in [0.25, 0.3) is 5.82 Å². The molecular weight excluding hydrogens is 444 g/mol. The molecule has 0 amide bonds. The van der Waals surface area contributed by atoms with Crippen LogP contribution in [-0.4, -0.2) is 72.1 Å². The molecule has 11 heteroatoms. The second-order valence-corrected chi connectivity index (χ2v) is 9.42. The highest BCUT2D eigenvalue weighted by Crippen LogP contribution is 2.31. The Hall–Kier alpha value is -3.18. The van der Waals surface area contributed by atoms with Gasteiger partial charge in [0.1, 0.15) is 16.4 Å². The number of sulfonamides is 1. The number of hydrogen-bond acceptors (Lipinski definition) is 8. The number of rotatable bonds is 8. The molecule has 0 N–H and O–H groups in total. The molecule has 0 aliphatic carbocycles. The third kappa shape index (κ3) is 4.93. The number of aromatic nitrogens is 4. The summed E-state index contributed by atoms with van der Waals surface area (Å²) >= 11 is 0. The Balaban J connectivity index is 1.47. The number of ether oxygens (including phenoxy) is 2. The Labute approximate surface area is 193 Å². The van der Waals surface area contributed by atoms with E-state index in [0.717, 1.165) is 5.69 Å². The molecule has 1 aliphatic rings. The highest BCUT2D eigenvalue weighted by molar-refractivity contribution is 7.89. The molecule has 4 rings (SSSR count). The number of piperazine rings is 1. The molecule has 0 spiro atoms. The lowest BCUT2D eigenvalue weighted by molar-refractivity contribution is 0.319. The maximum Gasteiger partial charge on any atom is 0.247 e. The van der Waals surface area contributed by atoms with E-state index in [2.05, 4.69) is 15.3 Å². The number of nitrogens with zero attached hydrogens (tertiary/aromatic N) is 6. The van der Waals surface area contributed by atoms with Gasteiger partial charge in [-0.2, -0.15) is 9.40 Å². The maximum atomic E-state index is 13.4. The van der Waals surface area contributed by atoms with E-state index in [9.17, 15) is 8.42 Å². The standard InChI is InChI=1S/C22H28N6O4S/c1-4-31-18-6-7-19(32-5-2)20(16-18)33(29,30)27-14-12-26(13-15-27)21-8-9-22(24-23-21)28-11-10-17(3)25-28/h6-11,16H,4-5,12-15H2,1-3H3. The van der Waals surface area contributed by atoms with Crippen molar-refractivity contribution < 1.29 is 17.9 Å². The number of benzene rings is 1. The van der Waals surface area contributed by atoms with Crippen molar-refractivity contribution in [3.63, 3.8) is 0 Å². The molecule has 0 radical (unpaired) electrons. The van der Waals surface area contributed by atoms with Crippen molar-refractivity contribution in [2.24, 2.45) is 0 Å². The fraction of sp³-hybridized carbons (Fsp3) is 0.409. The van der Waals surface area contributed by atoms with Crippen LogP contribution in [0.5, 0.6) is 11.5 Å². The molecule has 0 atom stereocenters. The molecule has 3 aromatic rings. The lowest BCUT2D eigenvalue weighted by Crippen LogP contribution is -2.49. The van der Waals surface area contributed by atoms with Gasteiger partial charge in [0.15, 0.2) is 11.6 Å². The van der Waals surface area contributed by atoms with E-state index in [0.29, 0.717) is 62.5 Å². The zero-order valence-electron chi connectivity index (χ0n) is 19.0. The minimum Gasteiger partial charge on any atom is -0.494 e. The van der Waals surface area contributed by atoms with Gasteiger partial charge in [-0.25, -0.2) is 13.1 Å². The van der Waals surface area contributed by atoms with Crippen molar-refractivity contribution in [2.75, 3.05) is 44.3 Å². The van der Waals surface area contributed by atoms with Gasteiger partial charge in [-0.3, -0.25) is 0 Å². The van der Waals surface area contributed by atoms with E-state index in [1.54, 1.807) is 16.8 Å². The Morgan fingerprint density at radius 1 is 0.909 bits per heavy atom. The molecule has 0 unspecified atom stereocenters. The molecule has 10 nitrogen and oxygen atoms in total.